The van der Waals surface area contributed by atoms with Crippen molar-refractivity contribution in [3.05, 3.63) is 28.8 Å². The Hall–Kier alpha value is -0.760. The molecule has 0 aliphatic rings. The molecule has 0 aliphatic heterocycles. The number of hydrogen-bond acceptors (Lipinski definition) is 3. The molecule has 1 rings (SSSR count). The Labute approximate surface area is 122 Å². The van der Waals surface area contributed by atoms with Gasteiger partial charge >= 0.3 is 0 Å². The van der Waals surface area contributed by atoms with E-state index >= 15 is 0 Å². The minimum Gasteiger partial charge on any atom is -0.313 e. The number of alkyl halides is 2. The molecule has 1 N–H and O–H groups in total. The Morgan fingerprint density at radius 1 is 1.40 bits per heavy atom. The smallest absolute Gasteiger partial charge is 0.252 e. The molecule has 0 fully saturated rings. The number of sulfonamides is 1. The molecule has 0 aliphatic carbocycles. The van der Waals surface area contributed by atoms with Crippen molar-refractivity contribution in [2.45, 2.75) is 24.8 Å². The van der Waals surface area contributed by atoms with Crippen molar-refractivity contribution >= 4 is 21.6 Å². The molecule has 0 bridgehead atoms. The van der Waals surface area contributed by atoms with Crippen LogP contribution in [0.3, 0.4) is 0 Å². The number of nitrogens with one attached hydrogen (secondary N) is 1. The Morgan fingerprint density at radius 3 is 2.55 bits per heavy atom. The number of halogens is 3. The van der Waals surface area contributed by atoms with Gasteiger partial charge in [0.15, 0.2) is 0 Å². The molecule has 114 valence electrons. The molecule has 0 aromatic heterocycles. The molecule has 0 unspecified atom stereocenters. The van der Waals surface area contributed by atoms with Gasteiger partial charge in [-0.1, -0.05) is 24.6 Å². The summed E-state index contributed by atoms with van der Waals surface area (Å²) in [5.74, 6) is 0. The molecule has 8 heteroatoms. The molecule has 20 heavy (non-hydrogen) atoms. The second-order valence-corrected chi connectivity index (χ2v) is 6.66. The normalized spacial score (nSPS) is 12.3. The zero-order valence-corrected chi connectivity index (χ0v) is 12.8. The fraction of sp³-hybridized carbons (Fsp3) is 0.500. The van der Waals surface area contributed by atoms with Crippen LogP contribution in [0.25, 0.3) is 0 Å². The molecular formula is C12H17ClF2N2O2S. The summed E-state index contributed by atoms with van der Waals surface area (Å²) < 4.78 is 49.3. The van der Waals surface area contributed by atoms with Crippen LogP contribution in [-0.2, 0) is 16.6 Å². The third kappa shape index (κ3) is 4.37. The van der Waals surface area contributed by atoms with Crippen molar-refractivity contribution in [1.29, 1.82) is 0 Å². The molecule has 1 aromatic carbocycles. The van der Waals surface area contributed by atoms with Gasteiger partial charge in [0, 0.05) is 18.6 Å². The molecule has 4 nitrogen and oxygen atoms in total. The lowest BCUT2D eigenvalue weighted by atomic mass is 10.2. The molecule has 0 radical (unpaired) electrons. The lowest BCUT2D eigenvalue weighted by molar-refractivity contribution is 0.126. The van der Waals surface area contributed by atoms with Crippen LogP contribution >= 0.6 is 11.6 Å². The lowest BCUT2D eigenvalue weighted by Crippen LogP contribution is -2.31. The van der Waals surface area contributed by atoms with Gasteiger partial charge in [0.05, 0.1) is 11.4 Å². The predicted octanol–water partition coefficient (Wildman–Crippen LogP) is 2.34. The summed E-state index contributed by atoms with van der Waals surface area (Å²) in [6, 6.07) is 4.23. The van der Waals surface area contributed by atoms with E-state index < -0.39 is 23.0 Å². The van der Waals surface area contributed by atoms with E-state index in [9.17, 15) is 17.2 Å². The number of rotatable bonds is 7. The predicted molar refractivity (Wildman–Crippen MR) is 74.7 cm³/mol. The first-order chi connectivity index (χ1) is 9.28. The fourth-order valence-corrected chi connectivity index (χ4v) is 3.05. The summed E-state index contributed by atoms with van der Waals surface area (Å²) in [5.41, 5.74) is 0.754. The first-order valence-electron chi connectivity index (χ1n) is 6.02. The third-order valence-electron chi connectivity index (χ3n) is 2.69. The van der Waals surface area contributed by atoms with Crippen LogP contribution in [0.15, 0.2) is 23.1 Å². The van der Waals surface area contributed by atoms with Crippen LogP contribution in [0.1, 0.15) is 12.5 Å². The van der Waals surface area contributed by atoms with Crippen molar-refractivity contribution in [2.75, 3.05) is 20.1 Å². The Morgan fingerprint density at radius 2 is 2.05 bits per heavy atom. The second-order valence-electron chi connectivity index (χ2n) is 4.21. The van der Waals surface area contributed by atoms with Crippen molar-refractivity contribution in [3.63, 3.8) is 0 Å². The van der Waals surface area contributed by atoms with Crippen molar-refractivity contribution < 1.29 is 17.2 Å². The maximum absolute atomic E-state index is 12.3. The van der Waals surface area contributed by atoms with Crippen molar-refractivity contribution in [2.24, 2.45) is 0 Å². The Bertz CT molecular complexity index is 552. The molecule has 0 saturated heterocycles. The van der Waals surface area contributed by atoms with E-state index in [-0.39, 0.29) is 9.92 Å². The summed E-state index contributed by atoms with van der Waals surface area (Å²) in [6.45, 7) is 2.36. The Kier molecular flexibility index (Phi) is 6.32. The van der Waals surface area contributed by atoms with Gasteiger partial charge in [-0.2, -0.15) is 4.31 Å². The highest BCUT2D eigenvalue weighted by Gasteiger charge is 2.24. The molecule has 0 amide bonds. The molecule has 0 heterocycles. The zero-order chi connectivity index (χ0) is 15.3. The summed E-state index contributed by atoms with van der Waals surface area (Å²) in [4.78, 5) is -0.0918. The van der Waals surface area contributed by atoms with Crippen LogP contribution in [0.4, 0.5) is 8.78 Å². The van der Waals surface area contributed by atoms with E-state index in [4.69, 9.17) is 11.6 Å². The summed E-state index contributed by atoms with van der Waals surface area (Å²) in [7, 11) is -2.83. The third-order valence-corrected chi connectivity index (χ3v) is 4.86. The van der Waals surface area contributed by atoms with Gasteiger partial charge in [-0.15, -0.1) is 0 Å². The van der Waals surface area contributed by atoms with Gasteiger partial charge in [-0.25, -0.2) is 17.2 Å². The van der Waals surface area contributed by atoms with Crippen LogP contribution in [0.2, 0.25) is 5.02 Å². The van der Waals surface area contributed by atoms with Crippen molar-refractivity contribution in [3.8, 4) is 0 Å². The minimum absolute atomic E-state index is 0.0918. The van der Waals surface area contributed by atoms with Gasteiger partial charge in [-0.05, 0) is 24.2 Å². The first-order valence-corrected chi connectivity index (χ1v) is 7.84. The molecule has 1 aromatic rings. The zero-order valence-electron chi connectivity index (χ0n) is 11.2. The SMILES string of the molecule is CCNCc1ccc(S(=O)(=O)N(C)CC(F)F)cc1Cl. The van der Waals surface area contributed by atoms with Crippen LogP contribution in [0, 0.1) is 0 Å². The highest BCUT2D eigenvalue weighted by atomic mass is 35.5. The van der Waals surface area contributed by atoms with E-state index in [0.717, 1.165) is 19.2 Å². The van der Waals surface area contributed by atoms with Crippen molar-refractivity contribution in [1.82, 2.24) is 9.62 Å². The highest BCUT2D eigenvalue weighted by Crippen LogP contribution is 2.23. The van der Waals surface area contributed by atoms with E-state index in [1.165, 1.54) is 12.1 Å². The number of nitrogens with zero attached hydrogens (tertiary/aromatic N) is 1. The second kappa shape index (κ2) is 7.31. The molecule has 0 atom stereocenters. The standard InChI is InChI=1S/C12H17ClF2N2O2S/c1-3-16-7-9-4-5-10(6-11(9)13)20(18,19)17(2)8-12(14)15/h4-6,12,16H,3,7-8H2,1-2H3. The first kappa shape index (κ1) is 17.3. The topological polar surface area (TPSA) is 49.4 Å². The molecular weight excluding hydrogens is 310 g/mol. The average molecular weight is 327 g/mol. The maximum atomic E-state index is 12.3. The van der Waals surface area contributed by atoms with Crippen LogP contribution < -0.4 is 5.32 Å². The Balaban J connectivity index is 2.99. The maximum Gasteiger partial charge on any atom is 0.252 e. The van der Waals surface area contributed by atoms with Gasteiger partial charge in [0.2, 0.25) is 10.0 Å². The van der Waals surface area contributed by atoms with Gasteiger partial charge in [-0.3, -0.25) is 0 Å². The van der Waals surface area contributed by atoms with E-state index in [2.05, 4.69) is 5.32 Å². The van der Waals surface area contributed by atoms with E-state index in [0.29, 0.717) is 10.8 Å². The number of benzene rings is 1. The largest absolute Gasteiger partial charge is 0.313 e. The van der Waals surface area contributed by atoms with Crippen LogP contribution in [-0.4, -0.2) is 39.3 Å². The molecule has 0 saturated carbocycles. The lowest BCUT2D eigenvalue weighted by Gasteiger charge is -2.17. The van der Waals surface area contributed by atoms with Gasteiger partial charge in [0.25, 0.3) is 6.43 Å². The number of hydrogen-bond donors (Lipinski definition) is 1. The summed E-state index contributed by atoms with van der Waals surface area (Å²) in [5, 5.41) is 3.36. The van der Waals surface area contributed by atoms with Gasteiger partial charge in [0.1, 0.15) is 0 Å². The average Bonchev–Trinajstić information content (AvgIpc) is 2.36. The summed E-state index contributed by atoms with van der Waals surface area (Å²) in [6.07, 6.45) is -2.72. The van der Waals surface area contributed by atoms with Crippen LogP contribution in [0.5, 0.6) is 0 Å². The van der Waals surface area contributed by atoms with Gasteiger partial charge < -0.3 is 5.32 Å². The minimum atomic E-state index is -3.95. The fourth-order valence-electron chi connectivity index (χ4n) is 1.56. The van der Waals surface area contributed by atoms with E-state index in [1.807, 2.05) is 6.92 Å². The molecule has 0 spiro atoms. The quantitative estimate of drug-likeness (QED) is 0.836. The van der Waals surface area contributed by atoms with E-state index in [1.54, 1.807) is 6.07 Å². The summed E-state index contributed by atoms with van der Waals surface area (Å²) >= 11 is 6.01. The monoisotopic (exact) mass is 326 g/mol. The highest BCUT2D eigenvalue weighted by molar-refractivity contribution is 7.89.